The van der Waals surface area contributed by atoms with E-state index < -0.39 is 0 Å². The van der Waals surface area contributed by atoms with Crippen molar-refractivity contribution in [2.24, 2.45) is 12.8 Å². The summed E-state index contributed by atoms with van der Waals surface area (Å²) < 4.78 is 1.87. The number of rotatable bonds is 3. The van der Waals surface area contributed by atoms with E-state index in [-0.39, 0.29) is 5.84 Å². The number of amidine groups is 1. The number of likely N-dealkylation sites (tertiary alicyclic amines) is 1. The van der Waals surface area contributed by atoms with Gasteiger partial charge < -0.3 is 10.6 Å². The molecule has 0 bridgehead atoms. The Morgan fingerprint density at radius 2 is 2.00 bits per heavy atom. The van der Waals surface area contributed by atoms with Crippen molar-refractivity contribution < 1.29 is 0 Å². The molecule has 0 saturated carbocycles. The molecule has 0 aliphatic carbocycles. The lowest BCUT2D eigenvalue weighted by atomic mass is 10.2. The summed E-state index contributed by atoms with van der Waals surface area (Å²) in [6.45, 7) is 6.46. The Morgan fingerprint density at radius 3 is 2.65 bits per heavy atom. The Kier molecular flexibility index (Phi) is 3.41. The molecule has 0 aromatic carbocycles. The quantitative estimate of drug-likeness (QED) is 0.629. The number of nitrogen functional groups attached to an aromatic ring is 1. The highest BCUT2D eigenvalue weighted by Crippen LogP contribution is 2.29. The molecule has 2 saturated heterocycles. The van der Waals surface area contributed by atoms with E-state index >= 15 is 0 Å². The van der Waals surface area contributed by atoms with Crippen LogP contribution in [0.25, 0.3) is 0 Å². The molecular weight excluding hydrogens is 252 g/mol. The summed E-state index contributed by atoms with van der Waals surface area (Å²) in [7, 11) is 1.94. The number of nitrogens with zero attached hydrogens (tertiary/aromatic N) is 4. The Balaban J connectivity index is 1.82. The van der Waals surface area contributed by atoms with Crippen molar-refractivity contribution in [3.05, 3.63) is 11.3 Å². The predicted octanol–water partition coefficient (Wildman–Crippen LogP) is 0.687. The predicted molar refractivity (Wildman–Crippen MR) is 80.4 cm³/mol. The molecule has 1 atom stereocenters. The number of aryl methyl sites for hydroxylation is 2. The van der Waals surface area contributed by atoms with Gasteiger partial charge in [0.15, 0.2) is 0 Å². The molecule has 110 valence electrons. The Morgan fingerprint density at radius 1 is 1.30 bits per heavy atom. The van der Waals surface area contributed by atoms with Gasteiger partial charge in [-0.05, 0) is 39.3 Å². The van der Waals surface area contributed by atoms with Crippen LogP contribution in [0.15, 0.2) is 0 Å². The van der Waals surface area contributed by atoms with Gasteiger partial charge in [-0.3, -0.25) is 15.0 Å². The molecule has 2 fully saturated rings. The topological polar surface area (TPSA) is 74.2 Å². The van der Waals surface area contributed by atoms with Gasteiger partial charge >= 0.3 is 0 Å². The second kappa shape index (κ2) is 5.09. The molecule has 1 unspecified atom stereocenters. The Bertz CT molecular complexity index is 514. The zero-order valence-electron chi connectivity index (χ0n) is 12.4. The van der Waals surface area contributed by atoms with Crippen LogP contribution in [0.5, 0.6) is 0 Å². The minimum atomic E-state index is 0.121. The van der Waals surface area contributed by atoms with E-state index in [0.29, 0.717) is 6.04 Å². The van der Waals surface area contributed by atoms with Gasteiger partial charge in [-0.25, -0.2) is 0 Å². The van der Waals surface area contributed by atoms with Gasteiger partial charge in [0.25, 0.3) is 0 Å². The third-order valence-electron chi connectivity index (χ3n) is 4.58. The van der Waals surface area contributed by atoms with Crippen LogP contribution in [0, 0.1) is 12.3 Å². The smallest absolute Gasteiger partial charge is 0.137 e. The fraction of sp³-hybridized carbons (Fsp3) is 0.714. The molecule has 2 aliphatic rings. The first kappa shape index (κ1) is 13.4. The van der Waals surface area contributed by atoms with Crippen molar-refractivity contribution >= 4 is 11.7 Å². The summed E-state index contributed by atoms with van der Waals surface area (Å²) in [5, 5.41) is 12.2. The fourth-order valence-corrected chi connectivity index (χ4v) is 3.66. The standard InChI is InChI=1S/C14H24N6/c1-10-12(13(15)16)14(18(2)17-10)20-8-5-11(9-20)19-6-3-4-7-19/h11H,3-9H2,1-2H3,(H3,15,16). The Hall–Kier alpha value is -1.56. The molecule has 3 N–H and O–H groups in total. The number of hydrogen-bond acceptors (Lipinski definition) is 4. The molecule has 6 heteroatoms. The molecule has 20 heavy (non-hydrogen) atoms. The van der Waals surface area contributed by atoms with Crippen molar-refractivity contribution in [3.8, 4) is 0 Å². The van der Waals surface area contributed by atoms with Crippen LogP contribution in [0.2, 0.25) is 0 Å². The van der Waals surface area contributed by atoms with E-state index in [2.05, 4.69) is 14.9 Å². The van der Waals surface area contributed by atoms with Crippen LogP contribution in [0.3, 0.4) is 0 Å². The highest BCUT2D eigenvalue weighted by Gasteiger charge is 2.32. The molecule has 0 radical (unpaired) electrons. The summed E-state index contributed by atoms with van der Waals surface area (Å²) in [5.74, 6) is 1.13. The van der Waals surface area contributed by atoms with Gasteiger partial charge in [0, 0.05) is 26.2 Å². The minimum absolute atomic E-state index is 0.121. The number of aromatic nitrogens is 2. The van der Waals surface area contributed by atoms with Crippen molar-refractivity contribution in [3.63, 3.8) is 0 Å². The Labute approximate surface area is 120 Å². The SMILES string of the molecule is Cc1nn(C)c(N2CCC(N3CCCC3)C2)c1C(=N)N. The average Bonchev–Trinajstić information content (AvgIpc) is 3.07. The zero-order valence-corrected chi connectivity index (χ0v) is 12.4. The first-order valence-corrected chi connectivity index (χ1v) is 7.45. The maximum atomic E-state index is 7.80. The minimum Gasteiger partial charge on any atom is -0.384 e. The van der Waals surface area contributed by atoms with E-state index in [1.807, 2.05) is 18.7 Å². The first-order valence-electron chi connectivity index (χ1n) is 7.45. The number of nitrogens with two attached hydrogens (primary N) is 1. The van der Waals surface area contributed by atoms with Crippen molar-refractivity contribution in [1.82, 2.24) is 14.7 Å². The van der Waals surface area contributed by atoms with Gasteiger partial charge in [0.2, 0.25) is 0 Å². The fourth-order valence-electron chi connectivity index (χ4n) is 3.66. The molecular formula is C14H24N6. The summed E-state index contributed by atoms with van der Waals surface area (Å²) in [6, 6.07) is 0.646. The molecule has 1 aromatic rings. The molecule has 0 amide bonds. The van der Waals surface area contributed by atoms with Crippen LogP contribution in [-0.2, 0) is 7.05 Å². The average molecular weight is 276 g/mol. The third kappa shape index (κ3) is 2.18. The first-order chi connectivity index (χ1) is 9.58. The highest BCUT2D eigenvalue weighted by molar-refractivity contribution is 6.01. The molecule has 0 spiro atoms. The van der Waals surface area contributed by atoms with Crippen LogP contribution in [0.4, 0.5) is 5.82 Å². The molecule has 3 heterocycles. The van der Waals surface area contributed by atoms with Gasteiger partial charge in [-0.1, -0.05) is 0 Å². The lowest BCUT2D eigenvalue weighted by molar-refractivity contribution is 0.260. The lowest BCUT2D eigenvalue weighted by Crippen LogP contribution is -2.36. The van der Waals surface area contributed by atoms with Gasteiger partial charge in [-0.15, -0.1) is 0 Å². The third-order valence-corrected chi connectivity index (χ3v) is 4.58. The number of nitrogens with one attached hydrogen (secondary N) is 1. The zero-order chi connectivity index (χ0) is 14.3. The van der Waals surface area contributed by atoms with Crippen molar-refractivity contribution in [2.45, 2.75) is 32.2 Å². The monoisotopic (exact) mass is 276 g/mol. The molecule has 1 aromatic heterocycles. The maximum Gasteiger partial charge on any atom is 0.137 e. The van der Waals surface area contributed by atoms with E-state index in [1.54, 1.807) is 0 Å². The second-order valence-corrected chi connectivity index (χ2v) is 5.95. The van der Waals surface area contributed by atoms with Gasteiger partial charge in [0.1, 0.15) is 11.7 Å². The van der Waals surface area contributed by atoms with Gasteiger partial charge in [0.05, 0.1) is 11.3 Å². The highest BCUT2D eigenvalue weighted by atomic mass is 15.4. The van der Waals surface area contributed by atoms with E-state index in [9.17, 15) is 0 Å². The van der Waals surface area contributed by atoms with E-state index in [1.165, 1.54) is 32.4 Å². The van der Waals surface area contributed by atoms with Crippen LogP contribution in [0.1, 0.15) is 30.5 Å². The van der Waals surface area contributed by atoms with Gasteiger partial charge in [-0.2, -0.15) is 5.10 Å². The summed E-state index contributed by atoms with van der Waals surface area (Å²) >= 11 is 0. The van der Waals surface area contributed by atoms with E-state index in [4.69, 9.17) is 11.1 Å². The summed E-state index contributed by atoms with van der Waals surface area (Å²) in [5.41, 5.74) is 7.39. The van der Waals surface area contributed by atoms with Crippen LogP contribution >= 0.6 is 0 Å². The number of hydrogen-bond donors (Lipinski definition) is 2. The second-order valence-electron chi connectivity index (χ2n) is 5.95. The molecule has 2 aliphatic heterocycles. The van der Waals surface area contributed by atoms with Crippen LogP contribution in [-0.4, -0.2) is 52.7 Å². The normalized spacial score (nSPS) is 23.7. The summed E-state index contributed by atoms with van der Waals surface area (Å²) in [6.07, 6.45) is 3.86. The van der Waals surface area contributed by atoms with E-state index in [0.717, 1.165) is 30.2 Å². The lowest BCUT2D eigenvalue weighted by Gasteiger charge is -2.25. The largest absolute Gasteiger partial charge is 0.384 e. The molecule has 3 rings (SSSR count). The maximum absolute atomic E-state index is 7.80. The summed E-state index contributed by atoms with van der Waals surface area (Å²) in [4.78, 5) is 4.95. The number of anilines is 1. The van der Waals surface area contributed by atoms with Crippen molar-refractivity contribution in [2.75, 3.05) is 31.1 Å². The van der Waals surface area contributed by atoms with Crippen LogP contribution < -0.4 is 10.6 Å². The van der Waals surface area contributed by atoms with Crippen molar-refractivity contribution in [1.29, 1.82) is 5.41 Å². The molecule has 6 nitrogen and oxygen atoms in total.